The molecule has 1 N–H and O–H groups in total. The van der Waals surface area contributed by atoms with Gasteiger partial charge in [-0.05, 0) is 61.8 Å². The molecule has 2 aromatic rings. The molecule has 1 aliphatic heterocycles. The summed E-state index contributed by atoms with van der Waals surface area (Å²) in [5.41, 5.74) is 4.28. The van der Waals surface area contributed by atoms with E-state index in [1.807, 2.05) is 12.1 Å². The van der Waals surface area contributed by atoms with E-state index in [-0.39, 0.29) is 5.91 Å². The summed E-state index contributed by atoms with van der Waals surface area (Å²) in [5, 5.41) is 12.5. The van der Waals surface area contributed by atoms with Gasteiger partial charge in [-0.15, -0.1) is 10.2 Å². The Morgan fingerprint density at radius 3 is 2.76 bits per heavy atom. The molecule has 0 atom stereocenters. The van der Waals surface area contributed by atoms with Crippen LogP contribution in [0.2, 0.25) is 0 Å². The van der Waals surface area contributed by atoms with Crippen molar-refractivity contribution < 1.29 is 4.79 Å². The van der Waals surface area contributed by atoms with E-state index in [4.69, 9.17) is 0 Å². The number of nitrogens with zero attached hydrogens (tertiary/aromatic N) is 3. The van der Waals surface area contributed by atoms with Crippen LogP contribution in [0, 0.1) is 0 Å². The van der Waals surface area contributed by atoms with Crippen LogP contribution in [0.1, 0.15) is 43.2 Å². The molecule has 29 heavy (non-hydrogen) atoms. The highest BCUT2D eigenvalue weighted by Crippen LogP contribution is 2.24. The topological polar surface area (TPSA) is 58.1 Å². The molecule has 152 valence electrons. The Morgan fingerprint density at radius 2 is 1.97 bits per heavy atom. The van der Waals surface area contributed by atoms with Gasteiger partial charge in [-0.3, -0.25) is 4.79 Å². The van der Waals surface area contributed by atoms with Crippen molar-refractivity contribution >= 4 is 23.5 Å². The Balaban J connectivity index is 1.21. The van der Waals surface area contributed by atoms with Crippen LogP contribution in [0.5, 0.6) is 0 Å². The number of carbonyl (C=O) groups excluding carboxylic acids is 1. The van der Waals surface area contributed by atoms with Gasteiger partial charge in [0.05, 0.1) is 5.75 Å². The number of amides is 1. The summed E-state index contributed by atoms with van der Waals surface area (Å²) >= 11 is 1.44. The second-order valence-electron chi connectivity index (χ2n) is 7.67. The molecule has 2 aliphatic rings. The summed E-state index contributed by atoms with van der Waals surface area (Å²) in [5.74, 6) is 1.34. The number of allylic oxidation sites excluding steroid dienone is 1. The zero-order valence-corrected chi connectivity index (χ0v) is 17.6. The van der Waals surface area contributed by atoms with Gasteiger partial charge in [-0.1, -0.05) is 47.7 Å². The molecule has 0 bridgehead atoms. The molecule has 2 heterocycles. The fraction of sp³-hybridized carbons (Fsp3) is 0.435. The summed E-state index contributed by atoms with van der Waals surface area (Å²) < 4.78 is 0. The number of thioether (sulfide) groups is 1. The number of hydrogen-bond donors (Lipinski definition) is 1. The number of aromatic nitrogens is 2. The molecule has 6 heteroatoms. The van der Waals surface area contributed by atoms with Crippen LogP contribution in [0.15, 0.2) is 53.1 Å². The Bertz CT molecular complexity index is 865. The van der Waals surface area contributed by atoms with E-state index in [1.54, 1.807) is 0 Å². The van der Waals surface area contributed by atoms with Crippen LogP contribution in [-0.2, 0) is 17.8 Å². The van der Waals surface area contributed by atoms with Gasteiger partial charge in [0.2, 0.25) is 5.91 Å². The zero-order chi connectivity index (χ0) is 19.9. The van der Waals surface area contributed by atoms with Gasteiger partial charge in [-0.2, -0.15) is 0 Å². The van der Waals surface area contributed by atoms with Crippen LogP contribution < -0.4 is 10.2 Å². The summed E-state index contributed by atoms with van der Waals surface area (Å²) in [6, 6.07) is 12.6. The van der Waals surface area contributed by atoms with E-state index in [1.165, 1.54) is 54.1 Å². The monoisotopic (exact) mass is 408 g/mol. The van der Waals surface area contributed by atoms with Gasteiger partial charge in [-0.25, -0.2) is 0 Å². The van der Waals surface area contributed by atoms with Crippen molar-refractivity contribution in [2.75, 3.05) is 23.7 Å². The predicted molar refractivity (Wildman–Crippen MR) is 118 cm³/mol. The highest BCUT2D eigenvalue weighted by molar-refractivity contribution is 7.99. The third-order valence-corrected chi connectivity index (χ3v) is 6.51. The van der Waals surface area contributed by atoms with Gasteiger partial charge in [0.25, 0.3) is 0 Å². The van der Waals surface area contributed by atoms with Crippen LogP contribution in [0.3, 0.4) is 0 Å². The number of nitrogens with one attached hydrogen (secondary N) is 1. The average Bonchev–Trinajstić information content (AvgIpc) is 2.78. The molecule has 0 unspecified atom stereocenters. The fourth-order valence-corrected chi connectivity index (χ4v) is 4.58. The summed E-state index contributed by atoms with van der Waals surface area (Å²) in [4.78, 5) is 14.3. The molecular formula is C23H28N4OS. The first-order valence-electron chi connectivity index (χ1n) is 10.5. The third kappa shape index (κ3) is 5.60. The molecule has 0 spiro atoms. The highest BCUT2D eigenvalue weighted by Gasteiger charge is 2.17. The molecule has 1 amide bonds. The van der Waals surface area contributed by atoms with Crippen LogP contribution in [0.25, 0.3) is 0 Å². The number of anilines is 1. The standard InChI is InChI=1S/C23H28N4OS/c28-22(24-14-12-18-6-2-1-3-7-18)17-29-23-11-10-21(25-26-23)27-15-13-19-8-4-5-9-20(19)16-27/h4-6,8-11H,1-3,7,12-17H2,(H,24,28). The lowest BCUT2D eigenvalue weighted by atomic mass is 9.97. The molecule has 1 aromatic carbocycles. The smallest absolute Gasteiger partial charge is 0.230 e. The lowest BCUT2D eigenvalue weighted by Gasteiger charge is -2.29. The minimum absolute atomic E-state index is 0.0601. The fourth-order valence-electron chi connectivity index (χ4n) is 3.93. The summed E-state index contributed by atoms with van der Waals surface area (Å²) in [6.45, 7) is 2.56. The Kier molecular flexibility index (Phi) is 6.83. The first-order valence-corrected chi connectivity index (χ1v) is 11.5. The maximum atomic E-state index is 12.1. The largest absolute Gasteiger partial charge is 0.355 e. The van der Waals surface area contributed by atoms with Crippen molar-refractivity contribution in [2.45, 2.75) is 50.1 Å². The molecule has 1 aliphatic carbocycles. The van der Waals surface area contributed by atoms with Crippen molar-refractivity contribution in [3.8, 4) is 0 Å². The zero-order valence-electron chi connectivity index (χ0n) is 16.8. The second kappa shape index (κ2) is 9.92. The number of fused-ring (bicyclic) bond motifs is 1. The number of rotatable bonds is 7. The van der Waals surface area contributed by atoms with Gasteiger partial charge < -0.3 is 10.2 Å². The SMILES string of the molecule is O=C(CSc1ccc(N2CCc3ccccc3C2)nn1)NCCC1=CCCCC1. The van der Waals surface area contributed by atoms with E-state index in [0.29, 0.717) is 5.75 Å². The first-order chi connectivity index (χ1) is 14.3. The molecule has 0 radical (unpaired) electrons. The van der Waals surface area contributed by atoms with Crippen molar-refractivity contribution in [2.24, 2.45) is 0 Å². The number of carbonyl (C=O) groups is 1. The number of hydrogen-bond acceptors (Lipinski definition) is 5. The van der Waals surface area contributed by atoms with E-state index in [2.05, 4.69) is 50.8 Å². The first kappa shape index (κ1) is 20.0. The van der Waals surface area contributed by atoms with Gasteiger partial charge in [0.15, 0.2) is 5.82 Å². The predicted octanol–water partition coefficient (Wildman–Crippen LogP) is 4.14. The molecule has 0 saturated carbocycles. The second-order valence-corrected chi connectivity index (χ2v) is 8.66. The quantitative estimate of drug-likeness (QED) is 0.551. The molecular weight excluding hydrogens is 380 g/mol. The summed E-state index contributed by atoms with van der Waals surface area (Å²) in [6.07, 6.45) is 9.32. The molecule has 0 saturated heterocycles. The van der Waals surface area contributed by atoms with Crippen LogP contribution >= 0.6 is 11.8 Å². The molecule has 5 nitrogen and oxygen atoms in total. The average molecular weight is 409 g/mol. The Labute approximate surface area is 177 Å². The van der Waals surface area contributed by atoms with Gasteiger partial charge in [0.1, 0.15) is 5.03 Å². The Morgan fingerprint density at radius 1 is 1.07 bits per heavy atom. The van der Waals surface area contributed by atoms with Crippen molar-refractivity contribution in [1.82, 2.24) is 15.5 Å². The maximum absolute atomic E-state index is 12.1. The van der Waals surface area contributed by atoms with Crippen molar-refractivity contribution in [3.63, 3.8) is 0 Å². The lowest BCUT2D eigenvalue weighted by molar-refractivity contribution is -0.118. The minimum Gasteiger partial charge on any atom is -0.355 e. The molecule has 0 fully saturated rings. The minimum atomic E-state index is 0.0601. The van der Waals surface area contributed by atoms with Crippen molar-refractivity contribution in [3.05, 3.63) is 59.2 Å². The van der Waals surface area contributed by atoms with E-state index in [9.17, 15) is 4.79 Å². The normalized spacial score (nSPS) is 16.1. The third-order valence-electron chi connectivity index (χ3n) is 5.59. The van der Waals surface area contributed by atoms with E-state index in [0.717, 1.165) is 43.3 Å². The van der Waals surface area contributed by atoms with Gasteiger partial charge >= 0.3 is 0 Å². The molecule has 1 aromatic heterocycles. The maximum Gasteiger partial charge on any atom is 0.230 e. The van der Waals surface area contributed by atoms with Gasteiger partial charge in [0, 0.05) is 19.6 Å². The van der Waals surface area contributed by atoms with Crippen LogP contribution in [-0.4, -0.2) is 34.9 Å². The van der Waals surface area contributed by atoms with E-state index >= 15 is 0 Å². The Hall–Kier alpha value is -2.34. The molecule has 4 rings (SSSR count). The van der Waals surface area contributed by atoms with Crippen LogP contribution in [0.4, 0.5) is 5.82 Å². The number of benzene rings is 1. The van der Waals surface area contributed by atoms with Crippen molar-refractivity contribution in [1.29, 1.82) is 0 Å². The highest BCUT2D eigenvalue weighted by atomic mass is 32.2. The van der Waals surface area contributed by atoms with E-state index < -0.39 is 0 Å². The summed E-state index contributed by atoms with van der Waals surface area (Å²) in [7, 11) is 0. The lowest BCUT2D eigenvalue weighted by Crippen LogP contribution is -2.31.